The van der Waals surface area contributed by atoms with Crippen molar-refractivity contribution in [3.63, 3.8) is 0 Å². The summed E-state index contributed by atoms with van der Waals surface area (Å²) in [6.07, 6.45) is 5.51. The Morgan fingerprint density at radius 1 is 1.00 bits per heavy atom. The van der Waals surface area contributed by atoms with Gasteiger partial charge in [-0.2, -0.15) is 0 Å². The van der Waals surface area contributed by atoms with Crippen LogP contribution in [0.5, 0.6) is 0 Å². The van der Waals surface area contributed by atoms with E-state index < -0.39 is 18.0 Å². The predicted octanol–water partition coefficient (Wildman–Crippen LogP) is 1.96. The third-order valence-electron chi connectivity index (χ3n) is 9.23. The quantitative estimate of drug-likeness (QED) is 0.566. The molecule has 9 nitrogen and oxygen atoms in total. The van der Waals surface area contributed by atoms with E-state index in [2.05, 4.69) is 27.4 Å². The molecule has 38 heavy (non-hydrogen) atoms. The zero-order valence-corrected chi connectivity index (χ0v) is 22.2. The van der Waals surface area contributed by atoms with Crippen LogP contribution in [-0.2, 0) is 14.3 Å². The molecule has 0 bridgehead atoms. The molecule has 4 aliphatic heterocycles. The molecule has 1 aromatic carbocycles. The summed E-state index contributed by atoms with van der Waals surface area (Å²) in [7, 11) is 0. The summed E-state index contributed by atoms with van der Waals surface area (Å²) in [5.74, 6) is -1.55. The van der Waals surface area contributed by atoms with Gasteiger partial charge in [-0.1, -0.05) is 0 Å². The van der Waals surface area contributed by atoms with E-state index in [4.69, 9.17) is 4.74 Å². The molecule has 3 amide bonds. The second-order valence-electron chi connectivity index (χ2n) is 11.6. The first-order chi connectivity index (χ1) is 18.3. The number of amides is 3. The van der Waals surface area contributed by atoms with Gasteiger partial charge in [-0.15, -0.1) is 0 Å². The average molecular weight is 528 g/mol. The summed E-state index contributed by atoms with van der Waals surface area (Å²) in [4.78, 5) is 43.3. The summed E-state index contributed by atoms with van der Waals surface area (Å²) >= 11 is 0. The number of nitrogens with zero attached hydrogens (tertiary/aromatic N) is 3. The van der Waals surface area contributed by atoms with Gasteiger partial charge in [0.15, 0.2) is 5.82 Å². The van der Waals surface area contributed by atoms with Crippen LogP contribution in [0.1, 0.15) is 74.3 Å². The van der Waals surface area contributed by atoms with Crippen molar-refractivity contribution >= 4 is 23.4 Å². The highest BCUT2D eigenvalue weighted by Gasteiger charge is 2.45. The molecule has 10 heteroatoms. The Morgan fingerprint density at radius 3 is 2.47 bits per heavy atom. The van der Waals surface area contributed by atoms with Crippen molar-refractivity contribution in [1.29, 1.82) is 0 Å². The number of anilines is 1. The first kappa shape index (κ1) is 25.7. The van der Waals surface area contributed by atoms with Crippen LogP contribution in [0, 0.1) is 5.82 Å². The molecule has 4 fully saturated rings. The number of imide groups is 1. The molecule has 4 heterocycles. The van der Waals surface area contributed by atoms with E-state index in [9.17, 15) is 14.4 Å². The van der Waals surface area contributed by atoms with Crippen LogP contribution in [0.3, 0.4) is 0 Å². The fourth-order valence-electron chi connectivity index (χ4n) is 7.04. The SMILES string of the molecule is CC1CN(C2CC(OC3CCNCC3)C2)CCN1c1ccc2c(c1F)C(C)N(C1CCC(=O)NC1=O)C2=O. The van der Waals surface area contributed by atoms with E-state index in [1.54, 1.807) is 19.1 Å². The first-order valence-corrected chi connectivity index (χ1v) is 14.2. The lowest BCUT2D eigenvalue weighted by molar-refractivity contribution is -0.137. The minimum Gasteiger partial charge on any atom is -0.375 e. The van der Waals surface area contributed by atoms with E-state index in [1.165, 1.54) is 4.90 Å². The lowest BCUT2D eigenvalue weighted by Gasteiger charge is -2.49. The molecule has 0 radical (unpaired) electrons. The van der Waals surface area contributed by atoms with Gasteiger partial charge < -0.3 is 19.9 Å². The second kappa shape index (κ2) is 10.2. The van der Waals surface area contributed by atoms with Gasteiger partial charge in [-0.25, -0.2) is 4.39 Å². The largest absolute Gasteiger partial charge is 0.375 e. The molecule has 6 rings (SSSR count). The highest BCUT2D eigenvalue weighted by Crippen LogP contribution is 2.42. The zero-order valence-electron chi connectivity index (χ0n) is 22.2. The van der Waals surface area contributed by atoms with E-state index in [-0.39, 0.29) is 36.5 Å². The monoisotopic (exact) mass is 527 g/mol. The van der Waals surface area contributed by atoms with Crippen LogP contribution < -0.4 is 15.5 Å². The first-order valence-electron chi connectivity index (χ1n) is 14.2. The number of fused-ring (bicyclic) bond motifs is 1. The molecule has 1 saturated carbocycles. The van der Waals surface area contributed by atoms with Crippen molar-refractivity contribution < 1.29 is 23.5 Å². The number of nitrogens with one attached hydrogen (secondary N) is 2. The summed E-state index contributed by atoms with van der Waals surface area (Å²) in [6.45, 7) is 8.42. The number of carbonyl (C=O) groups is 3. The van der Waals surface area contributed by atoms with Crippen molar-refractivity contribution in [1.82, 2.24) is 20.4 Å². The van der Waals surface area contributed by atoms with Crippen LogP contribution in [0.15, 0.2) is 12.1 Å². The summed E-state index contributed by atoms with van der Waals surface area (Å²) < 4.78 is 22.4. The fraction of sp³-hybridized carbons (Fsp3) is 0.679. The highest BCUT2D eigenvalue weighted by molar-refractivity contribution is 6.06. The molecule has 206 valence electrons. The number of hydrogen-bond donors (Lipinski definition) is 2. The van der Waals surface area contributed by atoms with Crippen molar-refractivity contribution in [3.8, 4) is 0 Å². The molecule has 1 aliphatic carbocycles. The topological polar surface area (TPSA) is 94.2 Å². The van der Waals surface area contributed by atoms with Crippen LogP contribution in [0.4, 0.5) is 10.1 Å². The third kappa shape index (κ3) is 4.50. The maximum Gasteiger partial charge on any atom is 0.255 e. The maximum absolute atomic E-state index is 16.1. The lowest BCUT2D eigenvalue weighted by atomic mass is 9.86. The Bertz CT molecular complexity index is 1120. The minimum absolute atomic E-state index is 0.124. The standard InChI is InChI=1S/C28H38FN5O4/c1-16-15-32(18-13-20(14-18)38-19-7-9-30-10-8-19)11-12-33(16)22-4-3-21-25(26(22)29)17(2)34(28(21)37)23-5-6-24(35)31-27(23)36/h3-4,16-20,23,30H,5-15H2,1-2H3,(H,31,35,36). The molecular formula is C28H38FN5O4. The number of carbonyl (C=O) groups excluding carboxylic acids is 3. The number of benzene rings is 1. The number of halogens is 1. The van der Waals surface area contributed by atoms with Crippen LogP contribution in [0.25, 0.3) is 0 Å². The van der Waals surface area contributed by atoms with Crippen molar-refractivity contribution in [3.05, 3.63) is 29.1 Å². The second-order valence-corrected chi connectivity index (χ2v) is 11.6. The Hall–Kier alpha value is -2.56. The molecule has 3 saturated heterocycles. The lowest BCUT2D eigenvalue weighted by Crippen LogP contribution is -2.59. The van der Waals surface area contributed by atoms with Crippen molar-refractivity contribution in [2.24, 2.45) is 0 Å². The van der Waals surface area contributed by atoms with Crippen molar-refractivity contribution in [2.75, 3.05) is 37.6 Å². The Kier molecular flexibility index (Phi) is 6.90. The zero-order chi connectivity index (χ0) is 26.6. The summed E-state index contributed by atoms with van der Waals surface area (Å²) in [5, 5.41) is 5.70. The van der Waals surface area contributed by atoms with E-state index in [0.29, 0.717) is 41.6 Å². The molecular weight excluding hydrogens is 489 g/mol. The van der Waals surface area contributed by atoms with Crippen LogP contribution in [0.2, 0.25) is 0 Å². The number of hydrogen-bond acceptors (Lipinski definition) is 7. The van der Waals surface area contributed by atoms with Gasteiger partial charge in [0.25, 0.3) is 5.91 Å². The van der Waals surface area contributed by atoms with E-state index >= 15 is 4.39 Å². The number of piperazine rings is 1. The van der Waals surface area contributed by atoms with Crippen molar-refractivity contribution in [2.45, 2.75) is 88.7 Å². The molecule has 0 spiro atoms. The molecule has 3 unspecified atom stereocenters. The molecule has 5 aliphatic rings. The minimum atomic E-state index is -0.766. The van der Waals surface area contributed by atoms with Crippen LogP contribution in [-0.4, -0.2) is 90.6 Å². The molecule has 0 aromatic heterocycles. The molecule has 1 aromatic rings. The Labute approximate surface area is 223 Å². The van der Waals surface area contributed by atoms with Gasteiger partial charge in [0.05, 0.1) is 23.9 Å². The average Bonchev–Trinajstić information content (AvgIpc) is 3.13. The van der Waals surface area contributed by atoms with E-state index in [0.717, 1.165) is 51.9 Å². The van der Waals surface area contributed by atoms with Gasteiger partial charge >= 0.3 is 0 Å². The molecule has 3 atom stereocenters. The van der Waals surface area contributed by atoms with Gasteiger partial charge in [0.2, 0.25) is 11.8 Å². The Morgan fingerprint density at radius 2 is 1.76 bits per heavy atom. The number of ether oxygens (including phenoxy) is 1. The van der Waals surface area contributed by atoms with Gasteiger partial charge in [-0.3, -0.25) is 24.6 Å². The smallest absolute Gasteiger partial charge is 0.255 e. The summed E-state index contributed by atoms with van der Waals surface area (Å²) in [5.41, 5.74) is 1.18. The predicted molar refractivity (Wildman–Crippen MR) is 139 cm³/mol. The Balaban J connectivity index is 1.10. The van der Waals surface area contributed by atoms with Crippen LogP contribution >= 0.6 is 0 Å². The summed E-state index contributed by atoms with van der Waals surface area (Å²) in [6, 6.07) is 2.72. The normalized spacial score (nSPS) is 32.8. The third-order valence-corrected chi connectivity index (χ3v) is 9.23. The maximum atomic E-state index is 16.1. The number of piperidine rings is 2. The van der Waals surface area contributed by atoms with Gasteiger partial charge in [-0.05, 0) is 71.2 Å². The van der Waals surface area contributed by atoms with Gasteiger partial charge in [0.1, 0.15) is 6.04 Å². The van der Waals surface area contributed by atoms with Gasteiger partial charge in [0, 0.05) is 49.3 Å². The number of rotatable bonds is 5. The van der Waals surface area contributed by atoms with E-state index in [1.807, 2.05) is 0 Å². The highest BCUT2D eigenvalue weighted by atomic mass is 19.1. The molecule has 2 N–H and O–H groups in total. The fourth-order valence-corrected chi connectivity index (χ4v) is 7.04.